The molecule has 3 unspecified atom stereocenters. The second-order valence-electron chi connectivity index (χ2n) is 6.18. The van der Waals surface area contributed by atoms with Crippen LogP contribution in [0.2, 0.25) is 0 Å². The van der Waals surface area contributed by atoms with E-state index in [0.29, 0.717) is 19.3 Å². The van der Waals surface area contributed by atoms with Crippen molar-refractivity contribution in [2.75, 3.05) is 0 Å². The van der Waals surface area contributed by atoms with Crippen molar-refractivity contribution in [3.05, 3.63) is 23.3 Å². The topological polar surface area (TPSA) is 86.7 Å². The fourth-order valence-corrected chi connectivity index (χ4v) is 4.42. The summed E-state index contributed by atoms with van der Waals surface area (Å²) in [6.45, 7) is 0. The monoisotopic (exact) mass is 302 g/mol. The molecule has 2 aliphatic heterocycles. The lowest BCUT2D eigenvalue weighted by Crippen LogP contribution is -2.47. The van der Waals surface area contributed by atoms with Crippen molar-refractivity contribution in [3.8, 4) is 0 Å². The van der Waals surface area contributed by atoms with Gasteiger partial charge in [-0.05, 0) is 38.0 Å². The molecule has 6 heteroatoms. The summed E-state index contributed by atoms with van der Waals surface area (Å²) in [5, 5.41) is 0. The highest BCUT2D eigenvalue weighted by molar-refractivity contribution is 6.18. The van der Waals surface area contributed by atoms with Gasteiger partial charge in [-0.25, -0.2) is 9.59 Å². The lowest BCUT2D eigenvalue weighted by Gasteiger charge is -2.40. The minimum atomic E-state index is -1.33. The summed E-state index contributed by atoms with van der Waals surface area (Å²) in [5.41, 5.74) is -0.995. The lowest BCUT2D eigenvalue weighted by atomic mass is 9.56. The predicted molar refractivity (Wildman–Crippen MR) is 70.9 cm³/mol. The molecule has 0 aromatic carbocycles. The van der Waals surface area contributed by atoms with E-state index in [0.717, 1.165) is 6.42 Å². The van der Waals surface area contributed by atoms with Gasteiger partial charge in [0.25, 0.3) is 0 Å². The quantitative estimate of drug-likeness (QED) is 0.411. The van der Waals surface area contributed by atoms with E-state index in [1.165, 1.54) is 0 Å². The molecule has 0 saturated carbocycles. The lowest BCUT2D eigenvalue weighted by molar-refractivity contribution is -0.158. The maximum atomic E-state index is 12.6. The molecule has 2 aliphatic carbocycles. The summed E-state index contributed by atoms with van der Waals surface area (Å²) >= 11 is 0. The highest BCUT2D eigenvalue weighted by Gasteiger charge is 2.68. The van der Waals surface area contributed by atoms with Crippen LogP contribution in [0, 0.1) is 17.3 Å². The van der Waals surface area contributed by atoms with Crippen LogP contribution in [0.3, 0.4) is 0 Å². The van der Waals surface area contributed by atoms with Gasteiger partial charge in [0.1, 0.15) is 5.41 Å². The number of rotatable bonds is 1. The van der Waals surface area contributed by atoms with E-state index in [4.69, 9.17) is 9.47 Å². The molecule has 4 rings (SSSR count). The first-order valence-corrected chi connectivity index (χ1v) is 7.48. The van der Waals surface area contributed by atoms with Gasteiger partial charge >= 0.3 is 23.9 Å². The normalized spacial score (nSPS) is 37.1. The van der Waals surface area contributed by atoms with Crippen LogP contribution in [0.1, 0.15) is 32.1 Å². The Balaban J connectivity index is 1.95. The largest absolute Gasteiger partial charge is 0.392 e. The predicted octanol–water partition coefficient (Wildman–Crippen LogP) is 1.20. The molecular weight excluding hydrogens is 288 g/mol. The van der Waals surface area contributed by atoms with E-state index >= 15 is 0 Å². The highest BCUT2D eigenvalue weighted by atomic mass is 16.6. The number of hydrogen-bond acceptors (Lipinski definition) is 6. The zero-order valence-electron chi connectivity index (χ0n) is 11.8. The van der Waals surface area contributed by atoms with E-state index in [2.05, 4.69) is 0 Å². The Morgan fingerprint density at radius 3 is 2.55 bits per heavy atom. The molecule has 0 radical (unpaired) electrons. The molecule has 22 heavy (non-hydrogen) atoms. The zero-order valence-corrected chi connectivity index (χ0v) is 11.8. The molecule has 1 saturated heterocycles. The van der Waals surface area contributed by atoms with Gasteiger partial charge in [-0.2, -0.15) is 0 Å². The molecule has 3 atom stereocenters. The molecule has 0 aromatic heterocycles. The molecule has 114 valence electrons. The third kappa shape index (κ3) is 1.44. The second-order valence-corrected chi connectivity index (χ2v) is 6.18. The average Bonchev–Trinajstić information content (AvgIpc) is 2.95. The molecule has 6 nitrogen and oxygen atoms in total. The van der Waals surface area contributed by atoms with Crippen LogP contribution in [0.15, 0.2) is 23.3 Å². The molecule has 0 aromatic rings. The van der Waals surface area contributed by atoms with Gasteiger partial charge in [-0.15, -0.1) is 0 Å². The van der Waals surface area contributed by atoms with Crippen LogP contribution in [0.5, 0.6) is 0 Å². The Morgan fingerprint density at radius 1 is 1.00 bits per heavy atom. The summed E-state index contributed by atoms with van der Waals surface area (Å²) in [4.78, 5) is 48.8. The number of esters is 4. The number of cyclic esters (lactones) is 4. The summed E-state index contributed by atoms with van der Waals surface area (Å²) in [6.07, 6.45) is 6.60. The van der Waals surface area contributed by atoms with Crippen LogP contribution in [-0.2, 0) is 28.7 Å². The number of carbonyl (C=O) groups is 4. The Hall–Kier alpha value is -2.24. The fraction of sp³-hybridized carbons (Fsp3) is 0.500. The third-order valence-electron chi connectivity index (χ3n) is 5.31. The van der Waals surface area contributed by atoms with Gasteiger partial charge in [-0.1, -0.05) is 12.2 Å². The molecular formula is C16H14O6. The number of carbonyl (C=O) groups excluding carboxylic acids is 4. The highest BCUT2D eigenvalue weighted by Crippen LogP contribution is 2.59. The van der Waals surface area contributed by atoms with E-state index < -0.39 is 35.2 Å². The van der Waals surface area contributed by atoms with Crippen molar-refractivity contribution in [2.45, 2.75) is 32.1 Å². The maximum Gasteiger partial charge on any atom is 0.343 e. The van der Waals surface area contributed by atoms with Crippen molar-refractivity contribution in [2.24, 2.45) is 17.3 Å². The molecule has 1 fully saturated rings. The standard InChI is InChI=1S/C16H14O6/c17-12-9-6-7-10-13(18)22-15(20)16(10,11(9)14(19)21-12)8-4-2-1-3-5-8/h1-2,8,10H,3-7H2. The van der Waals surface area contributed by atoms with Crippen LogP contribution in [0.25, 0.3) is 0 Å². The molecule has 0 N–H and O–H groups in total. The third-order valence-corrected chi connectivity index (χ3v) is 5.31. The molecule has 0 spiro atoms. The molecule has 4 aliphatic rings. The van der Waals surface area contributed by atoms with E-state index in [1.54, 1.807) is 0 Å². The summed E-state index contributed by atoms with van der Waals surface area (Å²) in [6, 6.07) is 0. The van der Waals surface area contributed by atoms with Gasteiger partial charge in [0.15, 0.2) is 0 Å². The minimum Gasteiger partial charge on any atom is -0.392 e. The van der Waals surface area contributed by atoms with Crippen LogP contribution in [0.4, 0.5) is 0 Å². The van der Waals surface area contributed by atoms with E-state index in [1.807, 2.05) is 12.2 Å². The van der Waals surface area contributed by atoms with Gasteiger partial charge in [0.05, 0.1) is 11.5 Å². The first-order valence-electron chi connectivity index (χ1n) is 7.48. The smallest absolute Gasteiger partial charge is 0.343 e. The van der Waals surface area contributed by atoms with Gasteiger partial charge in [0, 0.05) is 5.57 Å². The minimum absolute atomic E-state index is 0.0879. The SMILES string of the molecule is O=C1OC(=O)C2=C1CCC1C(=O)OC(=O)C21C1CC=CCC1. The van der Waals surface area contributed by atoms with Crippen LogP contribution < -0.4 is 0 Å². The molecule has 2 heterocycles. The van der Waals surface area contributed by atoms with Crippen molar-refractivity contribution < 1.29 is 28.7 Å². The van der Waals surface area contributed by atoms with Crippen molar-refractivity contribution in [1.82, 2.24) is 0 Å². The first kappa shape index (κ1) is 13.4. The fourth-order valence-electron chi connectivity index (χ4n) is 4.42. The second kappa shape index (κ2) is 4.38. The van der Waals surface area contributed by atoms with E-state index in [9.17, 15) is 19.2 Å². The van der Waals surface area contributed by atoms with Gasteiger partial charge in [-0.3, -0.25) is 9.59 Å². The Morgan fingerprint density at radius 2 is 1.82 bits per heavy atom. The van der Waals surface area contributed by atoms with Crippen LogP contribution >= 0.6 is 0 Å². The summed E-state index contributed by atoms with van der Waals surface area (Å²) in [5.74, 6) is -3.65. The first-order chi connectivity index (χ1) is 10.6. The zero-order chi connectivity index (χ0) is 15.5. The van der Waals surface area contributed by atoms with Crippen LogP contribution in [-0.4, -0.2) is 23.9 Å². The average molecular weight is 302 g/mol. The maximum absolute atomic E-state index is 12.6. The summed E-state index contributed by atoms with van der Waals surface area (Å²) < 4.78 is 9.63. The number of ether oxygens (including phenoxy) is 2. The van der Waals surface area contributed by atoms with Crippen molar-refractivity contribution in [1.29, 1.82) is 0 Å². The summed E-state index contributed by atoms with van der Waals surface area (Å²) in [7, 11) is 0. The van der Waals surface area contributed by atoms with E-state index in [-0.39, 0.29) is 23.5 Å². The molecule has 0 bridgehead atoms. The van der Waals surface area contributed by atoms with Gasteiger partial charge < -0.3 is 9.47 Å². The Bertz CT molecular complexity index is 685. The Kier molecular flexibility index (Phi) is 2.67. The van der Waals surface area contributed by atoms with Gasteiger partial charge in [0.2, 0.25) is 0 Å². The number of allylic oxidation sites excluding steroid dienone is 2. The Labute approximate surface area is 126 Å². The molecule has 0 amide bonds. The van der Waals surface area contributed by atoms with Crippen molar-refractivity contribution >= 4 is 23.9 Å². The number of hydrogen-bond donors (Lipinski definition) is 0. The van der Waals surface area contributed by atoms with Crippen molar-refractivity contribution in [3.63, 3.8) is 0 Å². The number of fused-ring (bicyclic) bond motifs is 2.